The molecule has 0 aromatic heterocycles. The highest BCUT2D eigenvalue weighted by molar-refractivity contribution is 5.29. The summed E-state index contributed by atoms with van der Waals surface area (Å²) < 4.78 is 5.69. The number of ether oxygens (including phenoxy) is 1. The fraction of sp³-hybridized carbons (Fsp3) is 0.529. The summed E-state index contributed by atoms with van der Waals surface area (Å²) in [4.78, 5) is 0. The van der Waals surface area contributed by atoms with Crippen LogP contribution in [0.5, 0.6) is 5.75 Å². The molecule has 106 valence electrons. The van der Waals surface area contributed by atoms with Crippen molar-refractivity contribution in [2.45, 2.75) is 46.1 Å². The van der Waals surface area contributed by atoms with Crippen molar-refractivity contribution in [2.24, 2.45) is 0 Å². The summed E-state index contributed by atoms with van der Waals surface area (Å²) in [7, 11) is 0. The zero-order chi connectivity index (χ0) is 14.1. The fourth-order valence-electron chi connectivity index (χ4n) is 1.90. The minimum atomic E-state index is 0.444. The third kappa shape index (κ3) is 5.48. The predicted molar refractivity (Wildman–Crippen MR) is 82.7 cm³/mol. The summed E-state index contributed by atoms with van der Waals surface area (Å²) in [6.07, 6.45) is 3.24. The van der Waals surface area contributed by atoms with Crippen molar-refractivity contribution in [3.8, 4) is 5.75 Å². The lowest BCUT2D eigenvalue weighted by Gasteiger charge is -2.17. The van der Waals surface area contributed by atoms with Gasteiger partial charge >= 0.3 is 0 Å². The quantitative estimate of drug-likeness (QED) is 0.662. The van der Waals surface area contributed by atoms with Gasteiger partial charge in [-0.15, -0.1) is 0 Å². The Hall–Kier alpha value is -1.28. The highest BCUT2D eigenvalue weighted by atomic mass is 16.5. The topological polar surface area (TPSA) is 21.3 Å². The molecule has 0 amide bonds. The van der Waals surface area contributed by atoms with Gasteiger partial charge in [-0.05, 0) is 49.1 Å². The van der Waals surface area contributed by atoms with Gasteiger partial charge in [0.25, 0.3) is 0 Å². The maximum atomic E-state index is 5.69. The Morgan fingerprint density at radius 3 is 2.42 bits per heavy atom. The first-order chi connectivity index (χ1) is 9.21. The molecule has 1 N–H and O–H groups in total. The van der Waals surface area contributed by atoms with Gasteiger partial charge in [-0.1, -0.05) is 39.5 Å². The molecule has 1 aromatic carbocycles. The molecule has 1 unspecified atom stereocenters. The van der Waals surface area contributed by atoms with E-state index in [0.29, 0.717) is 12.6 Å². The number of hydrogen-bond donors (Lipinski definition) is 1. The van der Waals surface area contributed by atoms with Crippen LogP contribution in [0.2, 0.25) is 0 Å². The van der Waals surface area contributed by atoms with Gasteiger partial charge in [-0.2, -0.15) is 0 Å². The van der Waals surface area contributed by atoms with Crippen LogP contribution in [0, 0.1) is 0 Å². The van der Waals surface area contributed by atoms with E-state index < -0.39 is 0 Å². The molecule has 19 heavy (non-hydrogen) atoms. The van der Waals surface area contributed by atoms with Gasteiger partial charge in [0.2, 0.25) is 0 Å². The Balaban J connectivity index is 2.56. The largest absolute Gasteiger partial charge is 0.489 e. The van der Waals surface area contributed by atoms with Crippen LogP contribution in [-0.4, -0.2) is 13.2 Å². The van der Waals surface area contributed by atoms with Crippen molar-refractivity contribution in [3.63, 3.8) is 0 Å². The van der Waals surface area contributed by atoms with Gasteiger partial charge in [-0.25, -0.2) is 0 Å². The molecule has 0 aliphatic heterocycles. The van der Waals surface area contributed by atoms with Gasteiger partial charge in [0, 0.05) is 6.04 Å². The van der Waals surface area contributed by atoms with Crippen molar-refractivity contribution >= 4 is 0 Å². The Labute approximate surface area is 117 Å². The summed E-state index contributed by atoms with van der Waals surface area (Å²) in [5, 5.41) is 3.56. The minimum Gasteiger partial charge on any atom is -0.489 e. The van der Waals surface area contributed by atoms with Crippen LogP contribution in [0.1, 0.15) is 51.6 Å². The Kier molecular flexibility index (Phi) is 7.27. The Bertz CT molecular complexity index is 369. The Morgan fingerprint density at radius 2 is 1.89 bits per heavy atom. The predicted octanol–water partition coefficient (Wildman–Crippen LogP) is 4.48. The molecule has 0 heterocycles. The van der Waals surface area contributed by atoms with Gasteiger partial charge in [0.05, 0.1) is 0 Å². The zero-order valence-electron chi connectivity index (χ0n) is 12.5. The minimum absolute atomic E-state index is 0.444. The molecule has 0 radical (unpaired) electrons. The van der Waals surface area contributed by atoms with Crippen molar-refractivity contribution < 1.29 is 4.74 Å². The summed E-state index contributed by atoms with van der Waals surface area (Å²) in [6.45, 7) is 12.1. The maximum absolute atomic E-state index is 5.69. The maximum Gasteiger partial charge on any atom is 0.119 e. The first-order valence-electron chi connectivity index (χ1n) is 7.34. The lowest BCUT2D eigenvalue weighted by molar-refractivity contribution is 0.349. The molecule has 1 rings (SSSR count). The van der Waals surface area contributed by atoms with Crippen LogP contribution in [-0.2, 0) is 0 Å². The van der Waals surface area contributed by atoms with E-state index in [4.69, 9.17) is 4.74 Å². The third-order valence-electron chi connectivity index (χ3n) is 3.27. The summed E-state index contributed by atoms with van der Waals surface area (Å²) in [5.41, 5.74) is 2.46. The molecule has 0 fully saturated rings. The van der Waals surface area contributed by atoms with E-state index >= 15 is 0 Å². The van der Waals surface area contributed by atoms with Crippen molar-refractivity contribution in [2.75, 3.05) is 13.2 Å². The lowest BCUT2D eigenvalue weighted by atomic mass is 10.0. The van der Waals surface area contributed by atoms with E-state index in [0.717, 1.165) is 37.1 Å². The summed E-state index contributed by atoms with van der Waals surface area (Å²) in [5.74, 6) is 0.920. The number of nitrogens with one attached hydrogen (secondary N) is 1. The number of benzene rings is 1. The molecule has 0 aliphatic rings. The van der Waals surface area contributed by atoms with Gasteiger partial charge < -0.3 is 10.1 Å². The van der Waals surface area contributed by atoms with Crippen molar-refractivity contribution in [1.82, 2.24) is 5.32 Å². The van der Waals surface area contributed by atoms with E-state index in [1.807, 2.05) is 0 Å². The standard InChI is InChI=1S/C17H27NO/c1-5-12-18-17(7-3)15-8-10-16(11-9-15)19-13-14(4)6-2/h8-11,17-18H,4-7,12-13H2,1-3H3. The highest BCUT2D eigenvalue weighted by Crippen LogP contribution is 2.20. The molecule has 0 spiro atoms. The Morgan fingerprint density at radius 1 is 1.21 bits per heavy atom. The fourth-order valence-corrected chi connectivity index (χ4v) is 1.90. The first kappa shape index (κ1) is 15.8. The molecule has 0 saturated heterocycles. The molecule has 2 heteroatoms. The number of hydrogen-bond acceptors (Lipinski definition) is 2. The average Bonchev–Trinajstić information content (AvgIpc) is 2.46. The monoisotopic (exact) mass is 261 g/mol. The molecule has 0 bridgehead atoms. The van der Waals surface area contributed by atoms with Crippen LogP contribution in [0.15, 0.2) is 36.4 Å². The molecule has 0 aliphatic carbocycles. The smallest absolute Gasteiger partial charge is 0.119 e. The van der Waals surface area contributed by atoms with Crippen molar-refractivity contribution in [1.29, 1.82) is 0 Å². The van der Waals surface area contributed by atoms with Crippen LogP contribution in [0.3, 0.4) is 0 Å². The first-order valence-corrected chi connectivity index (χ1v) is 7.34. The van der Waals surface area contributed by atoms with Gasteiger partial charge in [0.1, 0.15) is 12.4 Å². The van der Waals surface area contributed by atoms with E-state index in [1.54, 1.807) is 0 Å². The number of rotatable bonds is 9. The van der Waals surface area contributed by atoms with E-state index in [1.165, 1.54) is 5.56 Å². The average molecular weight is 261 g/mol. The zero-order valence-corrected chi connectivity index (χ0v) is 12.5. The van der Waals surface area contributed by atoms with Gasteiger partial charge in [0.15, 0.2) is 0 Å². The second-order valence-corrected chi connectivity index (χ2v) is 4.88. The van der Waals surface area contributed by atoms with E-state index in [-0.39, 0.29) is 0 Å². The summed E-state index contributed by atoms with van der Waals surface area (Å²) in [6, 6.07) is 8.85. The molecule has 2 nitrogen and oxygen atoms in total. The summed E-state index contributed by atoms with van der Waals surface area (Å²) >= 11 is 0. The normalized spacial score (nSPS) is 12.2. The molecule has 1 atom stereocenters. The second kappa shape index (κ2) is 8.76. The highest BCUT2D eigenvalue weighted by Gasteiger charge is 2.07. The second-order valence-electron chi connectivity index (χ2n) is 4.88. The van der Waals surface area contributed by atoms with E-state index in [2.05, 4.69) is 56.9 Å². The molecular weight excluding hydrogens is 234 g/mol. The van der Waals surface area contributed by atoms with Crippen LogP contribution < -0.4 is 10.1 Å². The van der Waals surface area contributed by atoms with Crippen LogP contribution in [0.4, 0.5) is 0 Å². The SMILES string of the molecule is C=C(CC)COc1ccc(C(CC)NCCC)cc1. The molecule has 0 saturated carbocycles. The third-order valence-corrected chi connectivity index (χ3v) is 3.27. The van der Waals surface area contributed by atoms with Crippen LogP contribution in [0.25, 0.3) is 0 Å². The lowest BCUT2D eigenvalue weighted by Crippen LogP contribution is -2.21. The van der Waals surface area contributed by atoms with E-state index in [9.17, 15) is 0 Å². The van der Waals surface area contributed by atoms with Crippen LogP contribution >= 0.6 is 0 Å². The van der Waals surface area contributed by atoms with Gasteiger partial charge in [-0.3, -0.25) is 0 Å². The molecule has 1 aromatic rings. The van der Waals surface area contributed by atoms with Crippen molar-refractivity contribution in [3.05, 3.63) is 42.0 Å². The molecular formula is C17H27NO.